The van der Waals surface area contributed by atoms with E-state index in [1.54, 1.807) is 28.8 Å². The number of carbonyl (C=O) groups excluding carboxylic acids is 1. The highest BCUT2D eigenvalue weighted by Gasteiger charge is 2.34. The summed E-state index contributed by atoms with van der Waals surface area (Å²) in [6.45, 7) is 2.31. The van der Waals surface area contributed by atoms with Gasteiger partial charge in [-0.3, -0.25) is 9.59 Å². The van der Waals surface area contributed by atoms with E-state index < -0.39 is 28.9 Å². The number of fused-ring (bicyclic) bond motifs is 1. The number of amides is 1. The van der Waals surface area contributed by atoms with Crippen LogP contribution in [0.15, 0.2) is 53.5 Å². The maximum absolute atomic E-state index is 13.4. The number of hydrogen-bond acceptors (Lipinski definition) is 2. The van der Waals surface area contributed by atoms with Crippen LogP contribution in [0.1, 0.15) is 22.8 Å². The Bertz CT molecular complexity index is 1090. The zero-order valence-corrected chi connectivity index (χ0v) is 14.1. The second-order valence-corrected chi connectivity index (χ2v) is 5.82. The van der Waals surface area contributed by atoms with E-state index in [9.17, 15) is 27.2 Å². The Balaban J connectivity index is 2.03. The second-order valence-electron chi connectivity index (χ2n) is 5.82. The fraction of sp³-hybridized carbons (Fsp3) is 0.158. The molecule has 1 N–H and O–H groups in total. The van der Waals surface area contributed by atoms with E-state index in [4.69, 9.17) is 0 Å². The largest absolute Gasteiger partial charge is 0.419 e. The number of para-hydroxylation sites is 1. The maximum atomic E-state index is 13.4. The van der Waals surface area contributed by atoms with Gasteiger partial charge in [0.05, 0.1) is 11.1 Å². The number of halogens is 4. The number of hydrogen-bond donors (Lipinski definition) is 1. The lowest BCUT2D eigenvalue weighted by atomic mass is 10.1. The number of aryl methyl sites for hydroxylation is 1. The molecule has 1 heterocycles. The number of carbonyl (C=O) groups is 1. The molecule has 1 amide bonds. The van der Waals surface area contributed by atoms with E-state index in [0.29, 0.717) is 29.6 Å². The molecule has 3 aromatic rings. The Hall–Kier alpha value is -3.16. The average molecular weight is 378 g/mol. The summed E-state index contributed by atoms with van der Waals surface area (Å²) in [7, 11) is 0. The standard InChI is InChI=1S/C19H14F4N2O2/c1-2-25-10-13(17(26)12-5-3-4-6-16(12)25)18(27)24-11-7-8-15(20)14(9-11)19(21,22)23/h3-10H,2H2,1H3,(H,24,27). The normalized spacial score (nSPS) is 11.6. The molecule has 0 aliphatic heterocycles. The molecule has 0 fully saturated rings. The van der Waals surface area contributed by atoms with Gasteiger partial charge in [0.15, 0.2) is 0 Å². The molecule has 0 radical (unpaired) electrons. The third-order valence-corrected chi connectivity index (χ3v) is 4.10. The quantitative estimate of drug-likeness (QED) is 0.686. The van der Waals surface area contributed by atoms with Crippen LogP contribution in [0, 0.1) is 5.82 Å². The topological polar surface area (TPSA) is 51.1 Å². The highest BCUT2D eigenvalue weighted by molar-refractivity contribution is 6.05. The van der Waals surface area contributed by atoms with Crippen molar-refractivity contribution in [2.45, 2.75) is 19.6 Å². The van der Waals surface area contributed by atoms with E-state index in [2.05, 4.69) is 5.32 Å². The van der Waals surface area contributed by atoms with E-state index in [-0.39, 0.29) is 11.3 Å². The van der Waals surface area contributed by atoms with Crippen molar-refractivity contribution in [3.05, 3.63) is 75.8 Å². The molecule has 8 heteroatoms. The average Bonchev–Trinajstić information content (AvgIpc) is 2.63. The van der Waals surface area contributed by atoms with Crippen molar-refractivity contribution in [3.63, 3.8) is 0 Å². The van der Waals surface area contributed by atoms with Gasteiger partial charge in [-0.1, -0.05) is 12.1 Å². The van der Waals surface area contributed by atoms with E-state index in [1.807, 2.05) is 6.92 Å². The van der Waals surface area contributed by atoms with Gasteiger partial charge in [0.25, 0.3) is 5.91 Å². The number of benzene rings is 2. The Kier molecular flexibility index (Phi) is 4.73. The number of rotatable bonds is 3. The number of pyridine rings is 1. The number of alkyl halides is 3. The summed E-state index contributed by atoms with van der Waals surface area (Å²) in [6, 6.07) is 8.82. The lowest BCUT2D eigenvalue weighted by Gasteiger charge is -2.13. The van der Waals surface area contributed by atoms with E-state index in [0.717, 1.165) is 6.07 Å². The fourth-order valence-corrected chi connectivity index (χ4v) is 2.79. The highest BCUT2D eigenvalue weighted by Crippen LogP contribution is 2.33. The van der Waals surface area contributed by atoms with E-state index >= 15 is 0 Å². The lowest BCUT2D eigenvalue weighted by molar-refractivity contribution is -0.139. The van der Waals surface area contributed by atoms with Crippen LogP contribution < -0.4 is 10.7 Å². The molecule has 0 atom stereocenters. The highest BCUT2D eigenvalue weighted by atomic mass is 19.4. The van der Waals surface area contributed by atoms with Gasteiger partial charge >= 0.3 is 6.18 Å². The third kappa shape index (κ3) is 3.55. The van der Waals surface area contributed by atoms with Gasteiger partial charge in [-0.15, -0.1) is 0 Å². The van der Waals surface area contributed by atoms with Gasteiger partial charge in [-0.2, -0.15) is 13.2 Å². The zero-order chi connectivity index (χ0) is 19.8. The predicted molar refractivity (Wildman–Crippen MR) is 93.2 cm³/mol. The number of nitrogens with one attached hydrogen (secondary N) is 1. The van der Waals surface area contributed by atoms with Crippen molar-refractivity contribution >= 4 is 22.5 Å². The summed E-state index contributed by atoms with van der Waals surface area (Å²) >= 11 is 0. The summed E-state index contributed by atoms with van der Waals surface area (Å²) in [4.78, 5) is 25.1. The van der Waals surface area contributed by atoms with E-state index in [1.165, 1.54) is 6.20 Å². The first-order valence-corrected chi connectivity index (χ1v) is 8.02. The molecular weight excluding hydrogens is 364 g/mol. The number of anilines is 1. The molecule has 0 saturated heterocycles. The van der Waals surface area contributed by atoms with Gasteiger partial charge in [0.1, 0.15) is 11.4 Å². The smallest absolute Gasteiger partial charge is 0.347 e. The first-order chi connectivity index (χ1) is 12.7. The van der Waals surface area contributed by atoms with Crippen LogP contribution in [0.25, 0.3) is 10.9 Å². The zero-order valence-electron chi connectivity index (χ0n) is 14.1. The SMILES string of the molecule is CCn1cc(C(=O)Nc2ccc(F)c(C(F)(F)F)c2)c(=O)c2ccccc21. The Labute approximate surface area is 151 Å². The summed E-state index contributed by atoms with van der Waals surface area (Å²) < 4.78 is 53.5. The lowest BCUT2D eigenvalue weighted by Crippen LogP contribution is -2.24. The van der Waals surface area contributed by atoms with Crippen LogP contribution in [0.3, 0.4) is 0 Å². The van der Waals surface area contributed by atoms with Gasteiger partial charge in [-0.05, 0) is 37.3 Å². The molecule has 0 aliphatic rings. The molecule has 140 valence electrons. The minimum Gasteiger partial charge on any atom is -0.347 e. The molecule has 0 aliphatic carbocycles. The molecule has 4 nitrogen and oxygen atoms in total. The number of nitrogens with zero attached hydrogens (tertiary/aromatic N) is 1. The Morgan fingerprint density at radius 3 is 2.52 bits per heavy atom. The van der Waals surface area contributed by atoms with Crippen molar-refractivity contribution in [1.82, 2.24) is 4.57 Å². The van der Waals surface area contributed by atoms with Crippen LogP contribution >= 0.6 is 0 Å². The van der Waals surface area contributed by atoms with Gasteiger partial charge in [0, 0.05) is 23.8 Å². The summed E-state index contributed by atoms with van der Waals surface area (Å²) in [5.41, 5.74) is -1.86. The van der Waals surface area contributed by atoms with Crippen molar-refractivity contribution in [2.75, 3.05) is 5.32 Å². The van der Waals surface area contributed by atoms with Gasteiger partial charge in [0.2, 0.25) is 5.43 Å². The summed E-state index contributed by atoms with van der Waals surface area (Å²) in [6.07, 6.45) is -3.54. The molecule has 3 rings (SSSR count). The Morgan fingerprint density at radius 2 is 1.85 bits per heavy atom. The molecule has 0 saturated carbocycles. The van der Waals surface area contributed by atoms with Crippen LogP contribution in [-0.2, 0) is 12.7 Å². The third-order valence-electron chi connectivity index (χ3n) is 4.10. The molecule has 1 aromatic heterocycles. The van der Waals surface area contributed by atoms with Crippen molar-refractivity contribution in [2.24, 2.45) is 0 Å². The minimum absolute atomic E-state index is 0.214. The van der Waals surface area contributed by atoms with Crippen molar-refractivity contribution < 1.29 is 22.4 Å². The van der Waals surface area contributed by atoms with Crippen LogP contribution in [-0.4, -0.2) is 10.5 Å². The predicted octanol–water partition coefficient (Wildman–Crippen LogP) is 4.43. The van der Waals surface area contributed by atoms with Crippen LogP contribution in [0.2, 0.25) is 0 Å². The van der Waals surface area contributed by atoms with Crippen LogP contribution in [0.4, 0.5) is 23.2 Å². The molecule has 2 aromatic carbocycles. The Morgan fingerprint density at radius 1 is 1.15 bits per heavy atom. The second kappa shape index (κ2) is 6.86. The fourth-order valence-electron chi connectivity index (χ4n) is 2.79. The minimum atomic E-state index is -4.90. The summed E-state index contributed by atoms with van der Waals surface area (Å²) in [5, 5.41) is 2.56. The molecule has 27 heavy (non-hydrogen) atoms. The molecule has 0 bridgehead atoms. The van der Waals surface area contributed by atoms with Crippen molar-refractivity contribution in [1.29, 1.82) is 0 Å². The number of aromatic nitrogens is 1. The molecule has 0 unspecified atom stereocenters. The molecule has 0 spiro atoms. The maximum Gasteiger partial charge on any atom is 0.419 e. The van der Waals surface area contributed by atoms with Crippen molar-refractivity contribution in [3.8, 4) is 0 Å². The monoisotopic (exact) mass is 378 g/mol. The van der Waals surface area contributed by atoms with Gasteiger partial charge < -0.3 is 9.88 Å². The first kappa shape index (κ1) is 18.6. The molecular formula is C19H14F4N2O2. The van der Waals surface area contributed by atoms with Gasteiger partial charge in [-0.25, -0.2) is 4.39 Å². The summed E-state index contributed by atoms with van der Waals surface area (Å²) in [5.74, 6) is -2.31. The first-order valence-electron chi connectivity index (χ1n) is 8.02. The van der Waals surface area contributed by atoms with Crippen LogP contribution in [0.5, 0.6) is 0 Å².